The van der Waals surface area contributed by atoms with Crippen LogP contribution in [0.2, 0.25) is 0 Å². The van der Waals surface area contributed by atoms with E-state index >= 15 is 0 Å². The van der Waals surface area contributed by atoms with Crippen molar-refractivity contribution in [2.75, 3.05) is 7.05 Å². The van der Waals surface area contributed by atoms with Gasteiger partial charge in [0.1, 0.15) is 6.10 Å². The van der Waals surface area contributed by atoms with Crippen molar-refractivity contribution in [3.63, 3.8) is 0 Å². The van der Waals surface area contributed by atoms with Crippen LogP contribution >= 0.6 is 0 Å². The minimum Gasteiger partial charge on any atom is -0.462 e. The van der Waals surface area contributed by atoms with Crippen molar-refractivity contribution < 1.29 is 9.53 Å². The lowest BCUT2D eigenvalue weighted by atomic mass is 9.50. The maximum Gasteiger partial charge on any atom is 0.309 e. The molecular formula is C21H31NO2. The first-order valence-electron chi connectivity index (χ1n) is 9.71. The van der Waals surface area contributed by atoms with E-state index in [2.05, 4.69) is 31.6 Å². The van der Waals surface area contributed by atoms with Gasteiger partial charge >= 0.3 is 5.97 Å². The summed E-state index contributed by atoms with van der Waals surface area (Å²) >= 11 is 0. The summed E-state index contributed by atoms with van der Waals surface area (Å²) in [5, 5.41) is 0. The number of aliphatic imine (C=N–C) groups is 1. The van der Waals surface area contributed by atoms with Gasteiger partial charge in [0.05, 0.1) is 5.92 Å². The molecule has 1 heterocycles. The normalized spacial score (nSPS) is 51.0. The molecule has 3 aliphatic carbocycles. The van der Waals surface area contributed by atoms with Crippen molar-refractivity contribution >= 4 is 12.2 Å². The molecular weight excluding hydrogens is 298 g/mol. The molecule has 0 amide bonds. The van der Waals surface area contributed by atoms with Crippen molar-refractivity contribution in [3.8, 4) is 0 Å². The number of carbonyl (C=O) groups is 1. The van der Waals surface area contributed by atoms with Crippen LogP contribution in [0.3, 0.4) is 0 Å². The Kier molecular flexibility index (Phi) is 3.71. The predicted molar refractivity (Wildman–Crippen MR) is 95.9 cm³/mol. The summed E-state index contributed by atoms with van der Waals surface area (Å²) in [7, 11) is 1.90. The second kappa shape index (κ2) is 5.44. The lowest BCUT2D eigenvalue weighted by Gasteiger charge is -2.53. The van der Waals surface area contributed by atoms with Gasteiger partial charge in [-0.25, -0.2) is 0 Å². The fraction of sp³-hybridized carbons (Fsp3) is 0.810. The molecule has 1 saturated heterocycles. The second-order valence-corrected chi connectivity index (χ2v) is 9.19. The molecule has 0 aromatic rings. The summed E-state index contributed by atoms with van der Waals surface area (Å²) in [5.41, 5.74) is 1.78. The number of hydrogen-bond donors (Lipinski definition) is 0. The van der Waals surface area contributed by atoms with Gasteiger partial charge < -0.3 is 9.73 Å². The molecule has 1 aliphatic heterocycles. The van der Waals surface area contributed by atoms with Crippen molar-refractivity contribution in [2.45, 2.75) is 64.9 Å². The number of ether oxygens (including phenoxy) is 1. The number of fused-ring (bicyclic) bond motifs is 3. The first-order chi connectivity index (χ1) is 11.4. The van der Waals surface area contributed by atoms with Gasteiger partial charge in [0.2, 0.25) is 0 Å². The van der Waals surface area contributed by atoms with E-state index in [1.165, 1.54) is 24.8 Å². The summed E-state index contributed by atoms with van der Waals surface area (Å²) in [5.74, 6) is 1.82. The number of rotatable bonds is 2. The second-order valence-electron chi connectivity index (χ2n) is 9.19. The van der Waals surface area contributed by atoms with Gasteiger partial charge in [0, 0.05) is 19.2 Å². The topological polar surface area (TPSA) is 38.7 Å². The Hall–Kier alpha value is -1.12. The smallest absolute Gasteiger partial charge is 0.309 e. The number of esters is 1. The quantitative estimate of drug-likeness (QED) is 0.427. The molecule has 0 unspecified atom stereocenters. The van der Waals surface area contributed by atoms with Crippen molar-refractivity contribution in [1.29, 1.82) is 0 Å². The molecule has 4 rings (SSSR count). The molecule has 4 aliphatic rings. The van der Waals surface area contributed by atoms with Crippen molar-refractivity contribution in [2.24, 2.45) is 39.5 Å². The van der Waals surface area contributed by atoms with Crippen LogP contribution in [0.5, 0.6) is 0 Å². The number of carbonyl (C=O) groups excluding carboxylic acids is 1. The van der Waals surface area contributed by atoms with E-state index in [0.29, 0.717) is 17.8 Å². The van der Waals surface area contributed by atoms with Gasteiger partial charge in [-0.15, -0.1) is 0 Å². The molecule has 7 atom stereocenters. The van der Waals surface area contributed by atoms with Gasteiger partial charge in [-0.3, -0.25) is 4.79 Å². The Balaban J connectivity index is 1.70. The summed E-state index contributed by atoms with van der Waals surface area (Å²) in [6.07, 6.45) is 10.3. The largest absolute Gasteiger partial charge is 0.462 e. The van der Waals surface area contributed by atoms with E-state index in [1.807, 2.05) is 7.05 Å². The highest BCUT2D eigenvalue weighted by Crippen LogP contribution is 2.64. The molecule has 0 aromatic carbocycles. The van der Waals surface area contributed by atoms with Crippen LogP contribution in [-0.2, 0) is 9.53 Å². The summed E-state index contributed by atoms with van der Waals surface area (Å²) in [4.78, 5) is 16.9. The zero-order chi connectivity index (χ0) is 17.1. The zero-order valence-electron chi connectivity index (χ0n) is 15.4. The summed E-state index contributed by atoms with van der Waals surface area (Å²) in [6.45, 7) is 9.18. The van der Waals surface area contributed by atoms with E-state index in [-0.39, 0.29) is 28.8 Å². The van der Waals surface area contributed by atoms with E-state index in [0.717, 1.165) is 25.7 Å². The molecule has 3 heteroatoms. The Morgan fingerprint density at radius 3 is 2.75 bits per heavy atom. The maximum atomic E-state index is 12.5. The van der Waals surface area contributed by atoms with Crippen LogP contribution in [0.1, 0.15) is 58.8 Å². The van der Waals surface area contributed by atoms with Gasteiger partial charge in [-0.1, -0.05) is 26.0 Å². The third kappa shape index (κ3) is 2.09. The average molecular weight is 329 g/mol. The first-order valence-corrected chi connectivity index (χ1v) is 9.71. The van der Waals surface area contributed by atoms with Crippen LogP contribution in [0.25, 0.3) is 0 Å². The lowest BCUT2D eigenvalue weighted by Crippen LogP contribution is -2.50. The van der Waals surface area contributed by atoms with Crippen LogP contribution in [-0.4, -0.2) is 25.3 Å². The Morgan fingerprint density at radius 1 is 1.21 bits per heavy atom. The van der Waals surface area contributed by atoms with Crippen LogP contribution in [0.15, 0.2) is 17.1 Å². The Bertz CT molecular complexity index is 597. The van der Waals surface area contributed by atoms with Crippen LogP contribution in [0, 0.1) is 34.5 Å². The zero-order valence-corrected chi connectivity index (χ0v) is 15.4. The minimum absolute atomic E-state index is 0.0661. The highest BCUT2D eigenvalue weighted by Gasteiger charge is 2.59. The van der Waals surface area contributed by atoms with Crippen LogP contribution < -0.4 is 0 Å². The van der Waals surface area contributed by atoms with Gasteiger partial charge in [-0.2, -0.15) is 0 Å². The summed E-state index contributed by atoms with van der Waals surface area (Å²) in [6, 6.07) is 0. The Morgan fingerprint density at radius 2 is 2.00 bits per heavy atom. The first kappa shape index (κ1) is 16.4. The molecule has 3 nitrogen and oxygen atoms in total. The molecule has 3 saturated carbocycles. The SMILES string of the molecule is C=C1CC[C@H]2[C@H](/C=N\C)[C@@H]([C@@]3(C)CC[C@H]4C[C@H]3C(=O)O4)CC[C@]12C. The van der Waals surface area contributed by atoms with E-state index in [4.69, 9.17) is 4.74 Å². The standard InChI is InChI=1S/C21H31NO2/c1-13-5-6-16-15(12-22-4)17(8-10-20(13,16)2)21(3)9-7-14-11-18(21)19(23)24-14/h12,14-18H,1,5-11H2,2-4H3/b22-12-/t14-,15-,16-,17-,18-,20+,21+/m0/s1. The monoisotopic (exact) mass is 329 g/mol. The fourth-order valence-electron chi connectivity index (χ4n) is 6.71. The average Bonchev–Trinajstić information content (AvgIpc) is 3.03. The van der Waals surface area contributed by atoms with Gasteiger partial charge in [-0.05, 0) is 67.6 Å². The summed E-state index contributed by atoms with van der Waals surface area (Å²) < 4.78 is 5.60. The molecule has 0 spiro atoms. The van der Waals surface area contributed by atoms with E-state index < -0.39 is 0 Å². The fourth-order valence-corrected chi connectivity index (χ4v) is 6.71. The van der Waals surface area contributed by atoms with Gasteiger partial charge in [0.15, 0.2) is 0 Å². The molecule has 0 N–H and O–H groups in total. The molecule has 0 radical (unpaired) electrons. The number of nitrogens with zero attached hydrogens (tertiary/aromatic N) is 1. The maximum absolute atomic E-state index is 12.5. The Labute approximate surface area is 145 Å². The third-order valence-electron chi connectivity index (χ3n) is 8.32. The van der Waals surface area contributed by atoms with Crippen molar-refractivity contribution in [1.82, 2.24) is 0 Å². The molecule has 132 valence electrons. The van der Waals surface area contributed by atoms with Crippen LogP contribution in [0.4, 0.5) is 0 Å². The number of allylic oxidation sites excluding steroid dienone is 1. The van der Waals surface area contributed by atoms with E-state index in [9.17, 15) is 4.79 Å². The molecule has 24 heavy (non-hydrogen) atoms. The molecule has 4 fully saturated rings. The third-order valence-corrected chi connectivity index (χ3v) is 8.32. The number of hydrogen-bond acceptors (Lipinski definition) is 3. The van der Waals surface area contributed by atoms with Crippen molar-refractivity contribution in [3.05, 3.63) is 12.2 Å². The lowest BCUT2D eigenvalue weighted by molar-refractivity contribution is -0.146. The van der Waals surface area contributed by atoms with Gasteiger partial charge in [0.25, 0.3) is 0 Å². The van der Waals surface area contributed by atoms with E-state index in [1.54, 1.807) is 0 Å². The predicted octanol–water partition coefficient (Wildman–Crippen LogP) is 4.42. The molecule has 2 bridgehead atoms. The highest BCUT2D eigenvalue weighted by atomic mass is 16.6. The molecule has 0 aromatic heterocycles. The highest BCUT2D eigenvalue weighted by molar-refractivity contribution is 5.76. The minimum atomic E-state index is 0.0661.